The molecule has 0 atom stereocenters. The SMILES string of the molecule is O=[N+]([O-])c1ccc(S(=O)(=O)NCc2ccsc2)cc1. The number of nitro groups is 1. The Morgan fingerprint density at radius 3 is 2.42 bits per heavy atom. The van der Waals surface area contributed by atoms with E-state index in [1.54, 1.807) is 0 Å². The summed E-state index contributed by atoms with van der Waals surface area (Å²) in [4.78, 5) is 9.92. The van der Waals surface area contributed by atoms with Gasteiger partial charge in [0.05, 0.1) is 9.82 Å². The molecule has 1 aromatic heterocycles. The van der Waals surface area contributed by atoms with Crippen molar-refractivity contribution in [3.8, 4) is 0 Å². The number of hydrogen-bond acceptors (Lipinski definition) is 5. The Labute approximate surface area is 113 Å². The summed E-state index contributed by atoms with van der Waals surface area (Å²) in [6, 6.07) is 6.59. The van der Waals surface area contributed by atoms with Gasteiger partial charge in [0.2, 0.25) is 10.0 Å². The van der Waals surface area contributed by atoms with E-state index in [-0.39, 0.29) is 17.1 Å². The number of non-ortho nitro benzene ring substituents is 1. The lowest BCUT2D eigenvalue weighted by Crippen LogP contribution is -2.22. The molecule has 2 aromatic rings. The van der Waals surface area contributed by atoms with E-state index in [1.807, 2.05) is 16.8 Å². The van der Waals surface area contributed by atoms with Gasteiger partial charge in [0, 0.05) is 18.7 Å². The summed E-state index contributed by atoms with van der Waals surface area (Å²) in [7, 11) is -3.65. The van der Waals surface area contributed by atoms with Gasteiger partial charge in [0.1, 0.15) is 0 Å². The first kappa shape index (κ1) is 13.7. The average Bonchev–Trinajstić information content (AvgIpc) is 2.90. The van der Waals surface area contributed by atoms with Crippen LogP contribution < -0.4 is 4.72 Å². The van der Waals surface area contributed by atoms with Crippen LogP contribution >= 0.6 is 11.3 Å². The second-order valence-corrected chi connectivity index (χ2v) is 6.25. The third kappa shape index (κ3) is 3.37. The number of hydrogen-bond donors (Lipinski definition) is 1. The highest BCUT2D eigenvalue weighted by Crippen LogP contribution is 2.16. The van der Waals surface area contributed by atoms with Gasteiger partial charge >= 0.3 is 0 Å². The first-order valence-electron chi connectivity index (χ1n) is 5.24. The highest BCUT2D eigenvalue weighted by atomic mass is 32.2. The highest BCUT2D eigenvalue weighted by molar-refractivity contribution is 7.89. The Kier molecular flexibility index (Phi) is 3.93. The Morgan fingerprint density at radius 2 is 1.89 bits per heavy atom. The molecule has 2 rings (SSSR count). The molecule has 0 spiro atoms. The average molecular weight is 298 g/mol. The zero-order valence-corrected chi connectivity index (χ0v) is 11.3. The third-order valence-electron chi connectivity index (χ3n) is 2.40. The Morgan fingerprint density at radius 1 is 1.21 bits per heavy atom. The van der Waals surface area contributed by atoms with Crippen LogP contribution in [0.4, 0.5) is 5.69 Å². The lowest BCUT2D eigenvalue weighted by Gasteiger charge is -2.05. The highest BCUT2D eigenvalue weighted by Gasteiger charge is 2.15. The van der Waals surface area contributed by atoms with Gasteiger partial charge in [-0.15, -0.1) is 0 Å². The molecule has 0 saturated heterocycles. The number of nitrogens with one attached hydrogen (secondary N) is 1. The van der Waals surface area contributed by atoms with Crippen LogP contribution in [0.5, 0.6) is 0 Å². The van der Waals surface area contributed by atoms with Crippen LogP contribution in [0.1, 0.15) is 5.56 Å². The van der Waals surface area contributed by atoms with Crippen LogP contribution in [0.25, 0.3) is 0 Å². The van der Waals surface area contributed by atoms with E-state index in [9.17, 15) is 18.5 Å². The maximum absolute atomic E-state index is 11.9. The molecule has 0 radical (unpaired) electrons. The van der Waals surface area contributed by atoms with Crippen molar-refractivity contribution in [1.82, 2.24) is 4.72 Å². The van der Waals surface area contributed by atoms with Gasteiger partial charge in [0.25, 0.3) is 5.69 Å². The zero-order chi connectivity index (χ0) is 13.9. The summed E-state index contributed by atoms with van der Waals surface area (Å²) in [6.07, 6.45) is 0. The van der Waals surface area contributed by atoms with E-state index in [0.29, 0.717) is 0 Å². The van der Waals surface area contributed by atoms with Crippen molar-refractivity contribution in [3.63, 3.8) is 0 Å². The molecular formula is C11H10N2O4S2. The summed E-state index contributed by atoms with van der Waals surface area (Å²) >= 11 is 1.48. The predicted octanol–water partition coefficient (Wildman–Crippen LogP) is 2.13. The molecule has 1 heterocycles. The predicted molar refractivity (Wildman–Crippen MR) is 71.4 cm³/mol. The van der Waals surface area contributed by atoms with E-state index in [2.05, 4.69) is 4.72 Å². The summed E-state index contributed by atoms with van der Waals surface area (Å²) in [6.45, 7) is 0.197. The minimum absolute atomic E-state index is 0.00771. The van der Waals surface area contributed by atoms with Crippen molar-refractivity contribution in [2.45, 2.75) is 11.4 Å². The molecule has 0 fully saturated rings. The first-order chi connectivity index (χ1) is 8.99. The largest absolute Gasteiger partial charge is 0.269 e. The molecule has 0 bridgehead atoms. The van der Waals surface area contributed by atoms with Crippen molar-refractivity contribution in [2.24, 2.45) is 0 Å². The molecule has 0 unspecified atom stereocenters. The van der Waals surface area contributed by atoms with E-state index < -0.39 is 14.9 Å². The molecule has 1 aromatic carbocycles. The smallest absolute Gasteiger partial charge is 0.258 e. The fourth-order valence-corrected chi connectivity index (χ4v) is 3.09. The van der Waals surface area contributed by atoms with E-state index in [0.717, 1.165) is 5.56 Å². The molecule has 19 heavy (non-hydrogen) atoms. The summed E-state index contributed by atoms with van der Waals surface area (Å²) in [5.41, 5.74) is 0.729. The van der Waals surface area contributed by atoms with Crippen LogP contribution in [-0.4, -0.2) is 13.3 Å². The third-order valence-corrected chi connectivity index (χ3v) is 4.55. The maximum atomic E-state index is 11.9. The van der Waals surface area contributed by atoms with Gasteiger partial charge in [-0.3, -0.25) is 10.1 Å². The second kappa shape index (κ2) is 5.47. The van der Waals surface area contributed by atoms with Crippen molar-refractivity contribution in [2.75, 3.05) is 0 Å². The molecular weight excluding hydrogens is 288 g/mol. The number of benzene rings is 1. The van der Waals surface area contributed by atoms with Crippen molar-refractivity contribution >= 4 is 27.0 Å². The molecule has 0 aliphatic heterocycles. The van der Waals surface area contributed by atoms with Crippen LogP contribution in [0, 0.1) is 10.1 Å². The molecule has 6 nitrogen and oxygen atoms in total. The summed E-state index contributed by atoms with van der Waals surface area (Å²) in [5.74, 6) is 0. The quantitative estimate of drug-likeness (QED) is 0.676. The molecule has 0 aliphatic rings. The summed E-state index contributed by atoms with van der Waals surface area (Å²) in [5, 5.41) is 14.2. The minimum atomic E-state index is -3.65. The van der Waals surface area contributed by atoms with Gasteiger partial charge in [-0.25, -0.2) is 13.1 Å². The number of nitro benzene ring substituents is 1. The van der Waals surface area contributed by atoms with Crippen molar-refractivity contribution in [1.29, 1.82) is 0 Å². The second-order valence-electron chi connectivity index (χ2n) is 3.71. The van der Waals surface area contributed by atoms with Crippen LogP contribution in [-0.2, 0) is 16.6 Å². The van der Waals surface area contributed by atoms with Gasteiger partial charge in [-0.1, -0.05) is 0 Å². The zero-order valence-electron chi connectivity index (χ0n) is 9.65. The lowest BCUT2D eigenvalue weighted by molar-refractivity contribution is -0.384. The maximum Gasteiger partial charge on any atom is 0.269 e. The van der Waals surface area contributed by atoms with Crippen LogP contribution in [0.15, 0.2) is 46.0 Å². The van der Waals surface area contributed by atoms with Gasteiger partial charge < -0.3 is 0 Å². The Hall–Kier alpha value is -1.77. The Balaban J connectivity index is 2.13. The Bertz CT molecular complexity index is 663. The van der Waals surface area contributed by atoms with Crippen LogP contribution in [0.2, 0.25) is 0 Å². The number of rotatable bonds is 5. The van der Waals surface area contributed by atoms with E-state index in [1.165, 1.54) is 35.6 Å². The molecule has 100 valence electrons. The van der Waals surface area contributed by atoms with Crippen molar-refractivity contribution in [3.05, 3.63) is 56.8 Å². The number of nitrogens with zero attached hydrogens (tertiary/aromatic N) is 1. The van der Waals surface area contributed by atoms with E-state index >= 15 is 0 Å². The number of sulfonamides is 1. The van der Waals surface area contributed by atoms with Gasteiger partial charge in [0.15, 0.2) is 0 Å². The van der Waals surface area contributed by atoms with Crippen molar-refractivity contribution < 1.29 is 13.3 Å². The van der Waals surface area contributed by atoms with Crippen LogP contribution in [0.3, 0.4) is 0 Å². The molecule has 0 saturated carbocycles. The molecule has 1 N–H and O–H groups in total. The molecule has 0 aliphatic carbocycles. The monoisotopic (exact) mass is 298 g/mol. The fraction of sp³-hybridized carbons (Fsp3) is 0.0909. The lowest BCUT2D eigenvalue weighted by atomic mass is 10.3. The standard InChI is InChI=1S/C11H10N2O4S2/c14-13(15)10-1-3-11(4-2-10)19(16,17)12-7-9-5-6-18-8-9/h1-6,8,12H,7H2. The molecule has 0 amide bonds. The topological polar surface area (TPSA) is 89.3 Å². The summed E-state index contributed by atoms with van der Waals surface area (Å²) < 4.78 is 26.3. The molecule has 8 heteroatoms. The van der Waals surface area contributed by atoms with E-state index in [4.69, 9.17) is 0 Å². The fourth-order valence-electron chi connectivity index (χ4n) is 1.40. The number of thiophene rings is 1. The van der Waals surface area contributed by atoms with Gasteiger partial charge in [-0.05, 0) is 34.5 Å². The van der Waals surface area contributed by atoms with Gasteiger partial charge in [-0.2, -0.15) is 11.3 Å². The minimum Gasteiger partial charge on any atom is -0.258 e. The normalized spacial score (nSPS) is 11.4. The first-order valence-corrected chi connectivity index (χ1v) is 7.67.